The third-order valence-electron chi connectivity index (χ3n) is 4.47. The Morgan fingerprint density at radius 1 is 1.38 bits per heavy atom. The molecular weight excluding hydrogens is 309 g/mol. The maximum Gasteiger partial charge on any atom is 0.274 e. The number of nitrogens with zero attached hydrogens (tertiary/aromatic N) is 4. The topological polar surface area (TPSA) is 66.8 Å². The van der Waals surface area contributed by atoms with Crippen molar-refractivity contribution >= 4 is 16.9 Å². The van der Waals surface area contributed by atoms with Gasteiger partial charge in [-0.25, -0.2) is 14.4 Å². The van der Waals surface area contributed by atoms with Crippen molar-refractivity contribution in [1.29, 1.82) is 0 Å². The summed E-state index contributed by atoms with van der Waals surface area (Å²) in [5.74, 6) is 0.314. The highest BCUT2D eigenvalue weighted by Gasteiger charge is 2.31. The van der Waals surface area contributed by atoms with Crippen molar-refractivity contribution in [2.75, 3.05) is 6.54 Å². The van der Waals surface area contributed by atoms with Crippen LogP contribution in [0.25, 0.3) is 11.0 Å². The Morgan fingerprint density at radius 2 is 2.25 bits per heavy atom. The van der Waals surface area contributed by atoms with Gasteiger partial charge >= 0.3 is 0 Å². The molecule has 4 rings (SSSR count). The molecule has 124 valence electrons. The number of halogens is 1. The van der Waals surface area contributed by atoms with Gasteiger partial charge in [0, 0.05) is 19.8 Å². The average Bonchev–Trinajstić information content (AvgIpc) is 3.20. The van der Waals surface area contributed by atoms with Crippen molar-refractivity contribution in [1.82, 2.24) is 24.4 Å². The summed E-state index contributed by atoms with van der Waals surface area (Å²) in [6.45, 7) is 0.672. The van der Waals surface area contributed by atoms with E-state index in [2.05, 4.69) is 15.0 Å². The summed E-state index contributed by atoms with van der Waals surface area (Å²) in [5, 5.41) is 0. The van der Waals surface area contributed by atoms with Gasteiger partial charge in [-0.05, 0) is 37.5 Å². The van der Waals surface area contributed by atoms with Crippen molar-refractivity contribution < 1.29 is 9.18 Å². The Labute approximate surface area is 138 Å². The lowest BCUT2D eigenvalue weighted by atomic mass is 10.0. The molecule has 1 atom stereocenters. The van der Waals surface area contributed by atoms with Crippen LogP contribution in [0, 0.1) is 5.82 Å². The fraction of sp³-hybridized carbons (Fsp3) is 0.353. The highest BCUT2D eigenvalue weighted by molar-refractivity contribution is 5.92. The Hall–Kier alpha value is -2.70. The molecule has 0 unspecified atom stereocenters. The molecule has 1 aromatic carbocycles. The molecule has 1 amide bonds. The largest absolute Gasteiger partial charge is 0.340 e. The average molecular weight is 327 g/mol. The van der Waals surface area contributed by atoms with Crippen molar-refractivity contribution in [3.63, 3.8) is 0 Å². The third-order valence-corrected chi connectivity index (χ3v) is 4.47. The van der Waals surface area contributed by atoms with E-state index in [0.29, 0.717) is 29.1 Å². The highest BCUT2D eigenvalue weighted by atomic mass is 19.1. The maximum absolute atomic E-state index is 13.4. The number of amides is 1. The van der Waals surface area contributed by atoms with Gasteiger partial charge < -0.3 is 14.5 Å². The van der Waals surface area contributed by atoms with Crippen LogP contribution in [0.3, 0.4) is 0 Å². The molecule has 0 spiro atoms. The summed E-state index contributed by atoms with van der Waals surface area (Å²) in [7, 11) is 1.84. The SMILES string of the molecule is Cn1cnc(C(=O)N2CCCC[C@@H]2c2nc3ccc(F)cc3[nH]2)c1. The van der Waals surface area contributed by atoms with Gasteiger partial charge in [0.15, 0.2) is 0 Å². The van der Waals surface area contributed by atoms with Crippen LogP contribution in [0.15, 0.2) is 30.7 Å². The van der Waals surface area contributed by atoms with E-state index in [1.165, 1.54) is 12.1 Å². The molecule has 0 saturated carbocycles. The standard InChI is InChI=1S/C17H18FN5O/c1-22-9-14(19-10-22)17(24)23-7-3-2-4-15(23)16-20-12-6-5-11(18)8-13(12)21-16/h5-6,8-10,15H,2-4,7H2,1H3,(H,20,21)/t15-/m1/s1. The number of aromatic amines is 1. The molecule has 6 nitrogen and oxygen atoms in total. The highest BCUT2D eigenvalue weighted by Crippen LogP contribution is 2.31. The lowest BCUT2D eigenvalue weighted by molar-refractivity contribution is 0.0595. The number of benzene rings is 1. The van der Waals surface area contributed by atoms with Gasteiger partial charge in [0.1, 0.15) is 17.3 Å². The third kappa shape index (κ3) is 2.55. The number of carbonyl (C=O) groups is 1. The summed E-state index contributed by atoms with van der Waals surface area (Å²) in [5.41, 5.74) is 1.80. The second-order valence-electron chi connectivity index (χ2n) is 6.22. The van der Waals surface area contributed by atoms with E-state index in [4.69, 9.17) is 0 Å². The second kappa shape index (κ2) is 5.74. The number of fused-ring (bicyclic) bond motifs is 1. The minimum Gasteiger partial charge on any atom is -0.340 e. The van der Waals surface area contributed by atoms with Gasteiger partial charge in [0.05, 0.1) is 23.4 Å². The number of piperidine rings is 1. The van der Waals surface area contributed by atoms with E-state index < -0.39 is 0 Å². The maximum atomic E-state index is 13.4. The number of aromatic nitrogens is 4. The van der Waals surface area contributed by atoms with E-state index in [-0.39, 0.29) is 17.8 Å². The monoisotopic (exact) mass is 327 g/mol. The smallest absolute Gasteiger partial charge is 0.274 e. The molecule has 1 aliphatic heterocycles. The van der Waals surface area contributed by atoms with Gasteiger partial charge in [-0.3, -0.25) is 4.79 Å². The Morgan fingerprint density at radius 3 is 3.04 bits per heavy atom. The molecule has 0 radical (unpaired) electrons. The number of aryl methyl sites for hydroxylation is 1. The number of likely N-dealkylation sites (tertiary alicyclic amines) is 1. The summed E-state index contributed by atoms with van der Waals surface area (Å²) >= 11 is 0. The quantitative estimate of drug-likeness (QED) is 0.787. The van der Waals surface area contributed by atoms with Crippen LogP contribution in [0.2, 0.25) is 0 Å². The number of carbonyl (C=O) groups excluding carboxylic acids is 1. The minimum absolute atomic E-state index is 0.0908. The molecule has 7 heteroatoms. The van der Waals surface area contributed by atoms with E-state index >= 15 is 0 Å². The molecule has 1 saturated heterocycles. The number of rotatable bonds is 2. The van der Waals surface area contributed by atoms with Crippen LogP contribution in [-0.4, -0.2) is 36.9 Å². The first-order valence-corrected chi connectivity index (χ1v) is 8.06. The van der Waals surface area contributed by atoms with Gasteiger partial charge in [-0.1, -0.05) is 0 Å². The summed E-state index contributed by atoms with van der Waals surface area (Å²) in [4.78, 5) is 26.5. The number of hydrogen-bond donors (Lipinski definition) is 1. The molecule has 3 aromatic rings. The van der Waals surface area contributed by atoms with Gasteiger partial charge in [0.2, 0.25) is 0 Å². The van der Waals surface area contributed by atoms with Crippen LogP contribution in [0.5, 0.6) is 0 Å². The first-order valence-electron chi connectivity index (χ1n) is 8.06. The zero-order valence-corrected chi connectivity index (χ0v) is 13.4. The van der Waals surface area contributed by atoms with E-state index in [9.17, 15) is 9.18 Å². The molecule has 1 fully saturated rings. The van der Waals surface area contributed by atoms with Crippen LogP contribution >= 0.6 is 0 Å². The van der Waals surface area contributed by atoms with Crippen molar-refractivity contribution in [3.8, 4) is 0 Å². The fourth-order valence-corrected chi connectivity index (χ4v) is 3.29. The van der Waals surface area contributed by atoms with E-state index in [0.717, 1.165) is 19.3 Å². The second-order valence-corrected chi connectivity index (χ2v) is 6.22. The van der Waals surface area contributed by atoms with Crippen molar-refractivity contribution in [3.05, 3.63) is 48.1 Å². The number of imidazole rings is 2. The minimum atomic E-state index is -0.303. The zero-order valence-electron chi connectivity index (χ0n) is 13.4. The fourth-order valence-electron chi connectivity index (χ4n) is 3.29. The van der Waals surface area contributed by atoms with E-state index in [1.54, 1.807) is 23.2 Å². The Bertz CT molecular complexity index is 899. The van der Waals surface area contributed by atoms with Crippen LogP contribution in [-0.2, 0) is 7.05 Å². The van der Waals surface area contributed by atoms with Crippen molar-refractivity contribution in [2.45, 2.75) is 25.3 Å². The van der Waals surface area contributed by atoms with Gasteiger partial charge in [0.25, 0.3) is 5.91 Å². The predicted octanol–water partition coefficient (Wildman–Crippen LogP) is 2.80. The Kier molecular flexibility index (Phi) is 3.55. The van der Waals surface area contributed by atoms with Gasteiger partial charge in [-0.15, -0.1) is 0 Å². The molecule has 2 aromatic heterocycles. The predicted molar refractivity (Wildman–Crippen MR) is 86.9 cm³/mol. The molecule has 0 aliphatic carbocycles. The zero-order chi connectivity index (χ0) is 16.7. The van der Waals surface area contributed by atoms with Gasteiger partial charge in [-0.2, -0.15) is 0 Å². The lowest BCUT2D eigenvalue weighted by Gasteiger charge is -2.34. The summed E-state index contributed by atoms with van der Waals surface area (Å²) in [6, 6.07) is 4.34. The number of nitrogens with one attached hydrogen (secondary N) is 1. The van der Waals surface area contributed by atoms with Crippen molar-refractivity contribution in [2.24, 2.45) is 7.05 Å². The summed E-state index contributed by atoms with van der Waals surface area (Å²) < 4.78 is 15.2. The molecule has 1 N–H and O–H groups in total. The summed E-state index contributed by atoms with van der Waals surface area (Å²) in [6.07, 6.45) is 6.17. The van der Waals surface area contributed by atoms with Crippen LogP contribution in [0.1, 0.15) is 41.6 Å². The molecule has 3 heterocycles. The van der Waals surface area contributed by atoms with Crippen LogP contribution in [0.4, 0.5) is 4.39 Å². The van der Waals surface area contributed by atoms with E-state index in [1.807, 2.05) is 11.9 Å². The number of hydrogen-bond acceptors (Lipinski definition) is 3. The Balaban J connectivity index is 1.69. The molecular formula is C17H18FN5O. The molecule has 0 bridgehead atoms. The normalized spacial score (nSPS) is 18.2. The van der Waals surface area contributed by atoms with Crippen LogP contribution < -0.4 is 0 Å². The molecule has 1 aliphatic rings. The molecule has 24 heavy (non-hydrogen) atoms. The number of H-pyrrole nitrogens is 1. The lowest BCUT2D eigenvalue weighted by Crippen LogP contribution is -2.39. The first kappa shape index (κ1) is 14.9. The first-order chi connectivity index (χ1) is 11.6.